The van der Waals surface area contributed by atoms with Crippen molar-refractivity contribution in [2.24, 2.45) is 0 Å². The van der Waals surface area contributed by atoms with Crippen LogP contribution in [0.3, 0.4) is 0 Å². The van der Waals surface area contributed by atoms with Crippen LogP contribution >= 0.6 is 0 Å². The van der Waals surface area contributed by atoms with Gasteiger partial charge < -0.3 is 9.72 Å². The van der Waals surface area contributed by atoms with Gasteiger partial charge in [-0.1, -0.05) is 0 Å². The largest absolute Gasteiger partial charge is 0.387 e. The van der Waals surface area contributed by atoms with E-state index in [1.165, 1.54) is 5.52 Å². The van der Waals surface area contributed by atoms with E-state index in [0.717, 1.165) is 5.69 Å². The summed E-state index contributed by atoms with van der Waals surface area (Å²) in [6.07, 6.45) is 4.10. The molecule has 1 N–H and O–H groups in total. The first kappa shape index (κ1) is 6.28. The second kappa shape index (κ2) is 2.31. The maximum Gasteiger partial charge on any atom is 0.0507 e. The first-order chi connectivity index (χ1) is 5.40. The number of hydrogen-bond donors (Lipinski definition) is 1. The van der Waals surface area contributed by atoms with Gasteiger partial charge in [0.1, 0.15) is 0 Å². The van der Waals surface area contributed by atoms with Gasteiger partial charge in [-0.05, 0) is 24.3 Å². The van der Waals surface area contributed by atoms with Crippen molar-refractivity contribution in [3.63, 3.8) is 0 Å². The van der Waals surface area contributed by atoms with E-state index >= 15 is 0 Å². The van der Waals surface area contributed by atoms with E-state index < -0.39 is 0 Å². The summed E-state index contributed by atoms with van der Waals surface area (Å²) in [5.74, 6) is 0. The van der Waals surface area contributed by atoms with Crippen LogP contribution in [0.5, 0.6) is 0 Å². The summed E-state index contributed by atoms with van der Waals surface area (Å²) in [4.78, 5) is 0. The molecule has 2 heterocycles. The fourth-order valence-corrected chi connectivity index (χ4v) is 1.18. The first-order valence-corrected chi connectivity index (χ1v) is 3.64. The van der Waals surface area contributed by atoms with Crippen LogP contribution in [0, 0.1) is 0 Å². The molecule has 0 spiro atoms. The van der Waals surface area contributed by atoms with Crippen molar-refractivity contribution in [3.8, 4) is 0 Å². The van der Waals surface area contributed by atoms with E-state index in [0.29, 0.717) is 0 Å². The number of nitrogens with zero attached hydrogens (tertiary/aromatic N) is 1. The summed E-state index contributed by atoms with van der Waals surface area (Å²) in [5.41, 5.74) is 2.36. The monoisotopic (exact) mass is 146 g/mol. The summed E-state index contributed by atoms with van der Waals surface area (Å²) in [7, 11) is 1.92. The SMILES string of the molecule is CNc1ccc2cccn2c1. The molecule has 2 aromatic heterocycles. The van der Waals surface area contributed by atoms with Crippen molar-refractivity contribution >= 4 is 11.2 Å². The van der Waals surface area contributed by atoms with Crippen LogP contribution < -0.4 is 5.32 Å². The summed E-state index contributed by atoms with van der Waals surface area (Å²) in [6.45, 7) is 0. The minimum absolute atomic E-state index is 1.13. The lowest BCUT2D eigenvalue weighted by Crippen LogP contribution is -1.89. The minimum atomic E-state index is 1.13. The number of aromatic nitrogens is 1. The van der Waals surface area contributed by atoms with E-state index in [4.69, 9.17) is 0 Å². The third kappa shape index (κ3) is 0.963. The molecule has 0 saturated carbocycles. The predicted molar refractivity (Wildman–Crippen MR) is 46.9 cm³/mol. The van der Waals surface area contributed by atoms with Crippen molar-refractivity contribution in [2.45, 2.75) is 0 Å². The molecular formula is C9H10N2. The van der Waals surface area contributed by atoms with Gasteiger partial charge in [-0.2, -0.15) is 0 Å². The van der Waals surface area contributed by atoms with Crippen LogP contribution in [0.4, 0.5) is 5.69 Å². The van der Waals surface area contributed by atoms with Gasteiger partial charge in [0, 0.05) is 25.0 Å². The number of nitrogens with one attached hydrogen (secondary N) is 1. The number of anilines is 1. The number of rotatable bonds is 1. The first-order valence-electron chi connectivity index (χ1n) is 3.64. The van der Waals surface area contributed by atoms with Crippen LogP contribution in [-0.2, 0) is 0 Å². The van der Waals surface area contributed by atoms with Gasteiger partial charge in [0.05, 0.1) is 5.69 Å². The highest BCUT2D eigenvalue weighted by Gasteiger charge is 1.91. The van der Waals surface area contributed by atoms with Gasteiger partial charge in [-0.25, -0.2) is 0 Å². The molecule has 0 fully saturated rings. The minimum Gasteiger partial charge on any atom is -0.387 e. The Balaban J connectivity index is 2.67. The van der Waals surface area contributed by atoms with E-state index in [1.807, 2.05) is 19.3 Å². The number of hydrogen-bond acceptors (Lipinski definition) is 1. The number of fused-ring (bicyclic) bond motifs is 1. The average molecular weight is 146 g/mol. The maximum atomic E-state index is 3.09. The summed E-state index contributed by atoms with van der Waals surface area (Å²) >= 11 is 0. The van der Waals surface area contributed by atoms with Crippen LogP contribution in [-0.4, -0.2) is 11.4 Å². The zero-order chi connectivity index (χ0) is 7.68. The van der Waals surface area contributed by atoms with E-state index in [-0.39, 0.29) is 0 Å². The summed E-state index contributed by atoms with van der Waals surface area (Å²) < 4.78 is 2.09. The smallest absolute Gasteiger partial charge is 0.0507 e. The molecule has 0 saturated heterocycles. The fraction of sp³-hybridized carbons (Fsp3) is 0.111. The van der Waals surface area contributed by atoms with E-state index in [2.05, 4.69) is 34.1 Å². The molecule has 56 valence electrons. The van der Waals surface area contributed by atoms with Gasteiger partial charge in [0.2, 0.25) is 0 Å². The Labute approximate surface area is 65.5 Å². The maximum absolute atomic E-state index is 3.09. The van der Waals surface area contributed by atoms with Gasteiger partial charge in [0.15, 0.2) is 0 Å². The van der Waals surface area contributed by atoms with E-state index in [9.17, 15) is 0 Å². The Morgan fingerprint density at radius 1 is 1.27 bits per heavy atom. The Hall–Kier alpha value is -1.44. The molecule has 0 aliphatic rings. The molecule has 0 atom stereocenters. The lowest BCUT2D eigenvalue weighted by molar-refractivity contribution is 1.19. The quantitative estimate of drug-likeness (QED) is 0.650. The third-order valence-corrected chi connectivity index (χ3v) is 1.81. The second-order valence-electron chi connectivity index (χ2n) is 2.51. The number of pyridine rings is 1. The molecule has 0 aliphatic heterocycles. The molecule has 2 aromatic rings. The lowest BCUT2D eigenvalue weighted by Gasteiger charge is -2.00. The standard InChI is InChI=1S/C9H10N2/c1-10-8-4-5-9-3-2-6-11(9)7-8/h2-7,10H,1H3. The summed E-state index contributed by atoms with van der Waals surface area (Å²) in [6, 6.07) is 8.27. The average Bonchev–Trinajstić information content (AvgIpc) is 2.50. The van der Waals surface area contributed by atoms with Crippen molar-refractivity contribution in [2.75, 3.05) is 12.4 Å². The molecule has 0 bridgehead atoms. The zero-order valence-corrected chi connectivity index (χ0v) is 6.41. The van der Waals surface area contributed by atoms with Crippen LogP contribution in [0.2, 0.25) is 0 Å². The van der Waals surface area contributed by atoms with Crippen molar-refractivity contribution < 1.29 is 0 Å². The Kier molecular flexibility index (Phi) is 1.32. The molecule has 0 aromatic carbocycles. The van der Waals surface area contributed by atoms with Gasteiger partial charge in [-0.3, -0.25) is 0 Å². The van der Waals surface area contributed by atoms with Crippen molar-refractivity contribution in [1.29, 1.82) is 0 Å². The van der Waals surface area contributed by atoms with Crippen molar-refractivity contribution in [3.05, 3.63) is 36.7 Å². The Morgan fingerprint density at radius 2 is 2.18 bits per heavy atom. The molecular weight excluding hydrogens is 136 g/mol. The van der Waals surface area contributed by atoms with Crippen LogP contribution in [0.25, 0.3) is 5.52 Å². The Morgan fingerprint density at radius 3 is 3.00 bits per heavy atom. The molecule has 0 radical (unpaired) electrons. The molecule has 0 amide bonds. The normalized spacial score (nSPS) is 10.3. The molecule has 0 unspecified atom stereocenters. The van der Waals surface area contributed by atoms with Crippen LogP contribution in [0.15, 0.2) is 36.7 Å². The summed E-state index contributed by atoms with van der Waals surface area (Å²) in [5, 5.41) is 3.09. The van der Waals surface area contributed by atoms with E-state index in [1.54, 1.807) is 0 Å². The fourth-order valence-electron chi connectivity index (χ4n) is 1.18. The van der Waals surface area contributed by atoms with Gasteiger partial charge in [-0.15, -0.1) is 0 Å². The Bertz CT molecular complexity index is 362. The lowest BCUT2D eigenvalue weighted by atomic mass is 10.4. The molecule has 2 nitrogen and oxygen atoms in total. The van der Waals surface area contributed by atoms with Gasteiger partial charge >= 0.3 is 0 Å². The topological polar surface area (TPSA) is 16.4 Å². The molecule has 11 heavy (non-hydrogen) atoms. The third-order valence-electron chi connectivity index (χ3n) is 1.81. The zero-order valence-electron chi connectivity index (χ0n) is 6.41. The van der Waals surface area contributed by atoms with Crippen LogP contribution in [0.1, 0.15) is 0 Å². The predicted octanol–water partition coefficient (Wildman–Crippen LogP) is 1.98. The molecule has 2 rings (SSSR count). The highest BCUT2D eigenvalue weighted by molar-refractivity contribution is 5.54. The van der Waals surface area contributed by atoms with Crippen molar-refractivity contribution in [1.82, 2.24) is 4.40 Å². The molecule has 0 aliphatic carbocycles. The highest BCUT2D eigenvalue weighted by atomic mass is 14.9. The van der Waals surface area contributed by atoms with Gasteiger partial charge in [0.25, 0.3) is 0 Å². The molecule has 2 heteroatoms. The second-order valence-corrected chi connectivity index (χ2v) is 2.51. The highest BCUT2D eigenvalue weighted by Crippen LogP contribution is 2.10.